The predicted octanol–water partition coefficient (Wildman–Crippen LogP) is 2.09. The molecule has 0 radical (unpaired) electrons. The van der Waals surface area contributed by atoms with Gasteiger partial charge >= 0.3 is 0 Å². The van der Waals surface area contributed by atoms with Gasteiger partial charge in [-0.25, -0.2) is 8.78 Å². The molecule has 1 aromatic carbocycles. The monoisotopic (exact) mass is 324 g/mol. The van der Waals surface area contributed by atoms with E-state index in [0.29, 0.717) is 0 Å². The van der Waals surface area contributed by atoms with Crippen LogP contribution in [0.15, 0.2) is 22.9 Å². The van der Waals surface area contributed by atoms with E-state index in [1.54, 1.807) is 0 Å². The Bertz CT molecular complexity index is 915. The molecule has 0 unspecified atom stereocenters. The van der Waals surface area contributed by atoms with E-state index in [0.717, 1.165) is 0 Å². The molecule has 2 heterocycles. The summed E-state index contributed by atoms with van der Waals surface area (Å²) in [5.74, 6) is -4.10. The number of anilines is 2. The lowest BCUT2D eigenvalue weighted by Gasteiger charge is -2.04. The molecule has 2 aliphatic rings. The number of halogens is 2. The first kappa shape index (κ1) is 14.6. The molecule has 0 spiro atoms. The molecule has 3 rings (SSSR count). The third-order valence-corrected chi connectivity index (χ3v) is 3.08. The topological polar surface area (TPSA) is 138 Å². The van der Waals surface area contributed by atoms with Crippen LogP contribution in [0.5, 0.6) is 11.5 Å². The van der Waals surface area contributed by atoms with E-state index in [9.17, 15) is 8.78 Å². The number of benzene rings is 1. The lowest BCUT2D eigenvalue weighted by Crippen LogP contribution is -2.03. The van der Waals surface area contributed by atoms with E-state index >= 15 is 0 Å². The third-order valence-electron chi connectivity index (χ3n) is 3.08. The number of fused-ring (bicyclic) bond motifs is 3. The van der Waals surface area contributed by atoms with Crippen molar-refractivity contribution in [3.63, 3.8) is 0 Å². The Morgan fingerprint density at radius 3 is 1.33 bits per heavy atom. The number of hydrogen-bond donors (Lipinski definition) is 2. The molecule has 10 heteroatoms. The van der Waals surface area contributed by atoms with E-state index in [1.807, 2.05) is 0 Å². The maximum absolute atomic E-state index is 14.1. The average molecular weight is 324 g/mol. The van der Waals surface area contributed by atoms with Crippen LogP contribution in [0.25, 0.3) is 0 Å². The van der Waals surface area contributed by atoms with Crippen LogP contribution in [0, 0.1) is 57.0 Å². The van der Waals surface area contributed by atoms with Crippen molar-refractivity contribution in [3.05, 3.63) is 34.5 Å². The second-order valence-corrected chi connectivity index (χ2v) is 4.35. The molecule has 2 aliphatic heterocycles. The minimum Gasteiger partial charge on any atom is -0.432 e. The first-order valence-electron chi connectivity index (χ1n) is 6.09. The molecule has 0 saturated heterocycles. The predicted molar refractivity (Wildman–Crippen MR) is 71.4 cm³/mol. The Labute approximate surface area is 132 Å². The SMILES string of the molecule is N#CC(C#N)=C1Nc2c(F)c(F)c3c(c2O1)OC(=C(C#N)C#N)N3. The fourth-order valence-electron chi connectivity index (χ4n) is 2.03. The standard InChI is InChI=1S/C14H2F2N6O2/c15-7-8(16)10-12(24-14(22-10)6(3-19)4-20)11-9(7)21-13(23-11)5(1-17)2-18/h21-22H. The summed E-state index contributed by atoms with van der Waals surface area (Å²) >= 11 is 0. The molecule has 0 amide bonds. The van der Waals surface area contributed by atoms with Gasteiger partial charge in [-0.1, -0.05) is 0 Å². The summed E-state index contributed by atoms with van der Waals surface area (Å²) in [5.41, 5.74) is -1.92. The summed E-state index contributed by atoms with van der Waals surface area (Å²) in [6.07, 6.45) is 0. The van der Waals surface area contributed by atoms with Gasteiger partial charge in [-0.05, 0) is 0 Å². The van der Waals surface area contributed by atoms with Gasteiger partial charge in [0.05, 0.1) is 0 Å². The normalized spacial score (nSPS) is 12.8. The molecule has 1 aromatic rings. The van der Waals surface area contributed by atoms with E-state index in [4.69, 9.17) is 30.5 Å². The molecule has 0 aliphatic carbocycles. The number of allylic oxidation sites excluding steroid dienone is 2. The molecule has 24 heavy (non-hydrogen) atoms. The number of hydrogen-bond acceptors (Lipinski definition) is 8. The molecule has 2 N–H and O–H groups in total. The van der Waals surface area contributed by atoms with Crippen molar-refractivity contribution >= 4 is 11.4 Å². The Morgan fingerprint density at radius 1 is 0.708 bits per heavy atom. The zero-order valence-corrected chi connectivity index (χ0v) is 11.4. The van der Waals surface area contributed by atoms with Gasteiger partial charge in [0, 0.05) is 0 Å². The highest BCUT2D eigenvalue weighted by Gasteiger charge is 2.38. The number of rotatable bonds is 0. The molecule has 0 aromatic heterocycles. The van der Waals surface area contributed by atoms with Crippen LogP contribution in [0.3, 0.4) is 0 Å². The van der Waals surface area contributed by atoms with Crippen molar-refractivity contribution in [2.45, 2.75) is 0 Å². The van der Waals surface area contributed by atoms with E-state index in [2.05, 4.69) is 10.6 Å². The fourth-order valence-corrected chi connectivity index (χ4v) is 2.03. The first-order chi connectivity index (χ1) is 11.5. The summed E-state index contributed by atoms with van der Waals surface area (Å²) in [6.45, 7) is 0. The number of nitrogens with zero attached hydrogens (tertiary/aromatic N) is 4. The molecule has 0 atom stereocenters. The lowest BCUT2D eigenvalue weighted by molar-refractivity contribution is 0.396. The van der Waals surface area contributed by atoms with Crippen molar-refractivity contribution in [1.29, 1.82) is 21.0 Å². The Hall–Kier alpha value is -4.28. The molecule has 114 valence electrons. The highest BCUT2D eigenvalue weighted by atomic mass is 19.2. The largest absolute Gasteiger partial charge is 0.432 e. The summed E-state index contributed by atoms with van der Waals surface area (Å²) in [5, 5.41) is 39.9. The van der Waals surface area contributed by atoms with Crippen molar-refractivity contribution in [1.82, 2.24) is 0 Å². The molecule has 8 nitrogen and oxygen atoms in total. The molecule has 0 bridgehead atoms. The van der Waals surface area contributed by atoms with Crippen LogP contribution >= 0.6 is 0 Å². The van der Waals surface area contributed by atoms with Crippen LogP contribution in [-0.2, 0) is 0 Å². The maximum atomic E-state index is 14.1. The molecule has 0 saturated carbocycles. The third kappa shape index (κ3) is 1.85. The van der Waals surface area contributed by atoms with Crippen molar-refractivity contribution in [2.24, 2.45) is 0 Å². The van der Waals surface area contributed by atoms with Crippen molar-refractivity contribution in [2.75, 3.05) is 10.6 Å². The van der Waals surface area contributed by atoms with Gasteiger partial charge in [-0.2, -0.15) is 21.0 Å². The van der Waals surface area contributed by atoms with E-state index in [1.165, 1.54) is 24.3 Å². The summed E-state index contributed by atoms with van der Waals surface area (Å²) in [7, 11) is 0. The first-order valence-corrected chi connectivity index (χ1v) is 6.09. The Balaban J connectivity index is 2.20. The zero-order valence-electron chi connectivity index (χ0n) is 11.4. The maximum Gasteiger partial charge on any atom is 0.227 e. The lowest BCUT2D eigenvalue weighted by atomic mass is 10.2. The van der Waals surface area contributed by atoms with Crippen LogP contribution in [0.2, 0.25) is 0 Å². The molecular formula is C14H2F2N6O2. The van der Waals surface area contributed by atoms with Gasteiger partial charge < -0.3 is 20.1 Å². The summed E-state index contributed by atoms with van der Waals surface area (Å²) in [6, 6.07) is 6.15. The minimum absolute atomic E-state index is 0.320. The van der Waals surface area contributed by atoms with Crippen LogP contribution < -0.4 is 20.1 Å². The van der Waals surface area contributed by atoms with E-state index < -0.39 is 34.2 Å². The Kier molecular flexibility index (Phi) is 3.16. The Morgan fingerprint density at radius 2 is 1.04 bits per heavy atom. The average Bonchev–Trinajstić information content (AvgIpc) is 3.20. The van der Waals surface area contributed by atoms with Gasteiger partial charge in [0.2, 0.25) is 23.3 Å². The van der Waals surface area contributed by atoms with Crippen molar-refractivity contribution < 1.29 is 18.3 Å². The molecular weight excluding hydrogens is 322 g/mol. The molecule has 0 fully saturated rings. The zero-order chi connectivity index (χ0) is 17.4. The highest BCUT2D eigenvalue weighted by molar-refractivity contribution is 5.82. The number of nitriles is 4. The van der Waals surface area contributed by atoms with Gasteiger partial charge in [0.1, 0.15) is 35.7 Å². The minimum atomic E-state index is -1.35. The summed E-state index contributed by atoms with van der Waals surface area (Å²) in [4.78, 5) is 0. The second-order valence-electron chi connectivity index (χ2n) is 4.35. The van der Waals surface area contributed by atoms with Crippen LogP contribution in [0.4, 0.5) is 20.2 Å². The van der Waals surface area contributed by atoms with Gasteiger partial charge in [-0.15, -0.1) is 0 Å². The van der Waals surface area contributed by atoms with Crippen LogP contribution in [-0.4, -0.2) is 0 Å². The van der Waals surface area contributed by atoms with Gasteiger partial charge in [0.25, 0.3) is 0 Å². The van der Waals surface area contributed by atoms with E-state index in [-0.39, 0.29) is 23.3 Å². The number of nitrogens with one attached hydrogen (secondary N) is 2. The highest BCUT2D eigenvalue weighted by Crippen LogP contribution is 2.53. The van der Waals surface area contributed by atoms with Crippen molar-refractivity contribution in [3.8, 4) is 35.8 Å². The van der Waals surface area contributed by atoms with Gasteiger partial charge in [0.15, 0.2) is 22.8 Å². The smallest absolute Gasteiger partial charge is 0.227 e. The van der Waals surface area contributed by atoms with Crippen LogP contribution in [0.1, 0.15) is 0 Å². The second kappa shape index (κ2) is 5.17. The quantitative estimate of drug-likeness (QED) is 0.692. The number of ether oxygens (including phenoxy) is 2. The van der Waals surface area contributed by atoms with Gasteiger partial charge in [-0.3, -0.25) is 0 Å². The fraction of sp³-hybridized carbons (Fsp3) is 0. The summed E-state index contributed by atoms with van der Waals surface area (Å²) < 4.78 is 38.7.